The first kappa shape index (κ1) is 14.9. The number of aromatic amines is 1. The van der Waals surface area contributed by atoms with Crippen LogP contribution >= 0.6 is 12.2 Å². The topological polar surface area (TPSA) is 67.3 Å². The van der Waals surface area contributed by atoms with Gasteiger partial charge in [-0.05, 0) is 37.3 Å². The fraction of sp³-hybridized carbons (Fsp3) is 0.400. The molecule has 1 atom stereocenters. The van der Waals surface area contributed by atoms with E-state index in [2.05, 4.69) is 4.98 Å². The number of nitrogens with one attached hydrogen (secondary N) is 1. The zero-order valence-electron chi connectivity index (χ0n) is 12.5. The van der Waals surface area contributed by atoms with Gasteiger partial charge >= 0.3 is 0 Å². The normalized spacial score (nSPS) is 18.6. The number of fused-ring (bicyclic) bond motifs is 1. The number of hydrogen-bond acceptors (Lipinski definition) is 4. The van der Waals surface area contributed by atoms with Gasteiger partial charge in [-0.1, -0.05) is 0 Å². The first-order valence-electron chi connectivity index (χ1n) is 7.11. The summed E-state index contributed by atoms with van der Waals surface area (Å²) in [6.07, 6.45) is 0.0382. The predicted octanol–water partition coefficient (Wildman–Crippen LogP) is 1.46. The molecule has 116 valence electrons. The number of aromatic nitrogens is 2. The number of hydrogen-bond donors (Lipinski definition) is 1. The number of carbonyl (C=O) groups excluding carboxylic acids is 1. The minimum absolute atomic E-state index is 0.0382. The highest BCUT2D eigenvalue weighted by Crippen LogP contribution is 2.14. The van der Waals surface area contributed by atoms with E-state index in [1.165, 1.54) is 4.57 Å². The summed E-state index contributed by atoms with van der Waals surface area (Å²) in [6, 6.07) is 5.04. The first-order chi connectivity index (χ1) is 10.5. The fourth-order valence-corrected chi connectivity index (χ4v) is 2.82. The summed E-state index contributed by atoms with van der Waals surface area (Å²) < 4.78 is 7.16. The monoisotopic (exact) mass is 319 g/mol. The molecule has 22 heavy (non-hydrogen) atoms. The second-order valence-electron chi connectivity index (χ2n) is 5.49. The Morgan fingerprint density at radius 3 is 2.95 bits per heavy atom. The molecule has 0 radical (unpaired) electrons. The minimum atomic E-state index is -0.169. The molecule has 1 aromatic carbocycles. The number of amides is 1. The lowest BCUT2D eigenvalue weighted by atomic mass is 10.1. The van der Waals surface area contributed by atoms with Crippen molar-refractivity contribution >= 4 is 29.0 Å². The van der Waals surface area contributed by atoms with Crippen LogP contribution in [0.4, 0.5) is 0 Å². The molecule has 2 aromatic rings. The van der Waals surface area contributed by atoms with E-state index in [-0.39, 0.29) is 17.6 Å². The Labute approximate surface area is 132 Å². The summed E-state index contributed by atoms with van der Waals surface area (Å²) in [5, 5.41) is 0.517. The number of morpholine rings is 1. The number of ether oxygens (including phenoxy) is 1. The quantitative estimate of drug-likeness (QED) is 0.808. The number of H-pyrrole nitrogens is 1. The van der Waals surface area contributed by atoms with Crippen LogP contribution < -0.4 is 5.56 Å². The summed E-state index contributed by atoms with van der Waals surface area (Å²) in [4.78, 5) is 29.5. The van der Waals surface area contributed by atoms with E-state index in [0.717, 1.165) is 0 Å². The molecular formula is C15H17N3O3S. The lowest BCUT2D eigenvalue weighted by Gasteiger charge is -2.31. The van der Waals surface area contributed by atoms with E-state index >= 15 is 0 Å². The van der Waals surface area contributed by atoms with Crippen molar-refractivity contribution in [1.82, 2.24) is 14.5 Å². The molecule has 1 amide bonds. The molecule has 1 unspecified atom stereocenters. The van der Waals surface area contributed by atoms with E-state index in [1.807, 2.05) is 6.92 Å². The molecule has 7 heteroatoms. The summed E-state index contributed by atoms with van der Waals surface area (Å²) in [7, 11) is 1.62. The van der Waals surface area contributed by atoms with Gasteiger partial charge in [0, 0.05) is 25.7 Å². The van der Waals surface area contributed by atoms with Gasteiger partial charge in [0.2, 0.25) is 0 Å². The van der Waals surface area contributed by atoms with Crippen molar-refractivity contribution in [3.63, 3.8) is 0 Å². The molecule has 1 aliphatic rings. The maximum absolute atomic E-state index is 12.6. The van der Waals surface area contributed by atoms with E-state index in [1.54, 1.807) is 30.1 Å². The SMILES string of the molecule is CC1CN(C(=O)c2ccc3c(=O)n(C)c(=S)[nH]c3c2)CCO1. The Kier molecular flexibility index (Phi) is 3.84. The molecule has 0 saturated carbocycles. The standard InChI is InChI=1S/C15H17N3O3S/c1-9-8-18(5-6-21-9)13(19)10-3-4-11-12(7-10)16-15(22)17(2)14(11)20/h3-4,7,9H,5-6,8H2,1-2H3,(H,16,22). The molecule has 1 aromatic heterocycles. The maximum Gasteiger partial charge on any atom is 0.261 e. The molecule has 0 aliphatic carbocycles. The molecule has 0 spiro atoms. The summed E-state index contributed by atoms with van der Waals surface area (Å²) in [5.74, 6) is -0.0583. The van der Waals surface area contributed by atoms with Crippen LogP contribution in [0.2, 0.25) is 0 Å². The molecule has 3 rings (SSSR count). The van der Waals surface area contributed by atoms with Crippen molar-refractivity contribution < 1.29 is 9.53 Å². The third kappa shape index (κ3) is 2.57. The molecule has 6 nitrogen and oxygen atoms in total. The number of carbonyl (C=O) groups is 1. The Morgan fingerprint density at radius 1 is 1.45 bits per heavy atom. The highest BCUT2D eigenvalue weighted by molar-refractivity contribution is 7.71. The lowest BCUT2D eigenvalue weighted by Crippen LogP contribution is -2.44. The first-order valence-corrected chi connectivity index (χ1v) is 7.52. The summed E-state index contributed by atoms with van der Waals surface area (Å²) in [5.41, 5.74) is 0.957. The Balaban J connectivity index is 2.02. The van der Waals surface area contributed by atoms with Gasteiger partial charge in [-0.3, -0.25) is 14.2 Å². The van der Waals surface area contributed by atoms with Gasteiger partial charge in [0.1, 0.15) is 0 Å². The molecule has 2 heterocycles. The zero-order chi connectivity index (χ0) is 15.9. The Hall–Kier alpha value is -1.99. The van der Waals surface area contributed by atoms with Crippen molar-refractivity contribution in [2.24, 2.45) is 7.05 Å². The minimum Gasteiger partial charge on any atom is -0.375 e. The maximum atomic E-state index is 12.6. The van der Waals surface area contributed by atoms with Crippen LogP contribution in [0, 0.1) is 4.77 Å². The average Bonchev–Trinajstić information content (AvgIpc) is 2.51. The van der Waals surface area contributed by atoms with Crippen LogP contribution in [0.5, 0.6) is 0 Å². The van der Waals surface area contributed by atoms with Gasteiger partial charge < -0.3 is 14.6 Å². The van der Waals surface area contributed by atoms with E-state index < -0.39 is 0 Å². The molecular weight excluding hydrogens is 302 g/mol. The van der Waals surface area contributed by atoms with Crippen molar-refractivity contribution in [2.75, 3.05) is 19.7 Å². The number of benzene rings is 1. The van der Waals surface area contributed by atoms with E-state index in [4.69, 9.17) is 17.0 Å². The molecule has 1 N–H and O–H groups in total. The smallest absolute Gasteiger partial charge is 0.261 e. The van der Waals surface area contributed by atoms with Crippen LogP contribution in [0.25, 0.3) is 10.9 Å². The van der Waals surface area contributed by atoms with Crippen LogP contribution in [0.3, 0.4) is 0 Å². The number of nitrogens with zero attached hydrogens (tertiary/aromatic N) is 2. The van der Waals surface area contributed by atoms with Crippen LogP contribution in [0.15, 0.2) is 23.0 Å². The van der Waals surface area contributed by atoms with Crippen molar-refractivity contribution in [2.45, 2.75) is 13.0 Å². The molecule has 0 bridgehead atoms. The van der Waals surface area contributed by atoms with Gasteiger partial charge in [0.25, 0.3) is 11.5 Å². The van der Waals surface area contributed by atoms with Crippen LogP contribution in [0.1, 0.15) is 17.3 Å². The highest BCUT2D eigenvalue weighted by atomic mass is 32.1. The van der Waals surface area contributed by atoms with Crippen molar-refractivity contribution in [3.05, 3.63) is 38.9 Å². The zero-order valence-corrected chi connectivity index (χ0v) is 13.3. The van der Waals surface area contributed by atoms with Crippen molar-refractivity contribution in [3.8, 4) is 0 Å². The van der Waals surface area contributed by atoms with Crippen LogP contribution in [-0.4, -0.2) is 46.2 Å². The molecule has 1 saturated heterocycles. The predicted molar refractivity (Wildman–Crippen MR) is 85.7 cm³/mol. The molecule has 1 aliphatic heterocycles. The number of rotatable bonds is 1. The van der Waals surface area contributed by atoms with E-state index in [0.29, 0.717) is 40.9 Å². The third-order valence-corrected chi connectivity index (χ3v) is 4.25. The van der Waals surface area contributed by atoms with Gasteiger partial charge in [-0.15, -0.1) is 0 Å². The van der Waals surface area contributed by atoms with Crippen LogP contribution in [-0.2, 0) is 11.8 Å². The van der Waals surface area contributed by atoms with Gasteiger partial charge in [-0.25, -0.2) is 0 Å². The largest absolute Gasteiger partial charge is 0.375 e. The van der Waals surface area contributed by atoms with Crippen molar-refractivity contribution in [1.29, 1.82) is 0 Å². The molecule has 1 fully saturated rings. The summed E-state index contributed by atoms with van der Waals surface area (Å²) >= 11 is 5.11. The summed E-state index contributed by atoms with van der Waals surface area (Å²) in [6.45, 7) is 3.64. The second-order valence-corrected chi connectivity index (χ2v) is 5.87. The third-order valence-electron chi connectivity index (χ3n) is 3.88. The Morgan fingerprint density at radius 2 is 2.23 bits per heavy atom. The van der Waals surface area contributed by atoms with Gasteiger partial charge in [0.15, 0.2) is 4.77 Å². The van der Waals surface area contributed by atoms with Gasteiger partial charge in [-0.2, -0.15) is 0 Å². The highest BCUT2D eigenvalue weighted by Gasteiger charge is 2.22. The second kappa shape index (κ2) is 5.66. The van der Waals surface area contributed by atoms with Gasteiger partial charge in [0.05, 0.1) is 23.6 Å². The Bertz CT molecular complexity index is 855. The average molecular weight is 319 g/mol. The fourth-order valence-electron chi connectivity index (χ4n) is 2.62. The van der Waals surface area contributed by atoms with E-state index in [9.17, 15) is 9.59 Å². The lowest BCUT2D eigenvalue weighted by molar-refractivity contribution is -0.0124.